The van der Waals surface area contributed by atoms with Crippen LogP contribution in [-0.4, -0.2) is 85.7 Å². The normalized spacial score (nSPS) is 31.9. The van der Waals surface area contributed by atoms with Gasteiger partial charge in [-0.1, -0.05) is 13.3 Å². The molecule has 23 heavy (non-hydrogen) atoms. The van der Waals surface area contributed by atoms with Crippen LogP contribution in [0.2, 0.25) is 0 Å². The smallest absolute Gasteiger partial charge is 0.325 e. The first-order chi connectivity index (χ1) is 10.8. The Bertz CT molecular complexity index is 384. The second-order valence-corrected chi connectivity index (χ2v) is 7.09. The predicted octanol–water partition coefficient (Wildman–Crippen LogP) is -0.601. The summed E-state index contributed by atoms with van der Waals surface area (Å²) >= 11 is 0. The first kappa shape index (κ1) is 21.0. The van der Waals surface area contributed by atoms with Gasteiger partial charge >= 0.3 is 7.60 Å². The third-order valence-electron chi connectivity index (χ3n) is 3.07. The van der Waals surface area contributed by atoms with Gasteiger partial charge in [-0.05, 0) is 6.42 Å². The summed E-state index contributed by atoms with van der Waals surface area (Å²) in [5, 5.41) is 20.9. The largest absolute Gasteiger partial charge is 0.379 e. The molecule has 2 radical (unpaired) electrons. The molecule has 1 heterocycles. The van der Waals surface area contributed by atoms with Crippen molar-refractivity contribution in [2.75, 3.05) is 33.1 Å². The third-order valence-corrected chi connectivity index (χ3v) is 3.70. The van der Waals surface area contributed by atoms with Gasteiger partial charge in [0.1, 0.15) is 20.2 Å². The minimum atomic E-state index is -3.72. The number of aliphatic hydroxyl groups is 2. The van der Waals surface area contributed by atoms with Crippen molar-refractivity contribution in [2.24, 2.45) is 0 Å². The summed E-state index contributed by atoms with van der Waals surface area (Å²) in [6.07, 6.45) is -1.89. The maximum Gasteiger partial charge on any atom is 0.325 e. The van der Waals surface area contributed by atoms with Crippen LogP contribution in [0.25, 0.3) is 0 Å². The van der Waals surface area contributed by atoms with Gasteiger partial charge in [0.2, 0.25) is 0 Å². The van der Waals surface area contributed by atoms with E-state index in [4.69, 9.17) is 31.6 Å². The zero-order valence-corrected chi connectivity index (χ0v) is 14.3. The molecule has 9 nitrogen and oxygen atoms in total. The van der Waals surface area contributed by atoms with Gasteiger partial charge in [0.05, 0.1) is 25.8 Å². The van der Waals surface area contributed by atoms with Crippen LogP contribution in [0.4, 0.5) is 0 Å². The molecule has 1 fully saturated rings. The summed E-state index contributed by atoms with van der Waals surface area (Å²) in [5.74, 6) is 0. The number of hydrogen-bond donors (Lipinski definition) is 3. The van der Waals surface area contributed by atoms with Crippen molar-refractivity contribution in [3.8, 4) is 0 Å². The Labute approximate surface area is 137 Å². The van der Waals surface area contributed by atoms with Crippen LogP contribution >= 0.6 is 7.60 Å². The highest BCUT2D eigenvalue weighted by molar-refractivity contribution is 7.51. The van der Waals surface area contributed by atoms with E-state index in [9.17, 15) is 14.8 Å². The number of hydroxylamine groups is 2. The standard InChI is InChI=1S/C12H25BNO8P/c1-3-4-5-19-6-7-20-14-11(15)9(8-21-23(2,17)18)22-10(13)12(14)16/h9-12,15-16H,3-8H2,1-2H3,(H,17,18). The van der Waals surface area contributed by atoms with E-state index in [-0.39, 0.29) is 19.8 Å². The Morgan fingerprint density at radius 3 is 2.57 bits per heavy atom. The molecule has 0 aliphatic carbocycles. The average Bonchev–Trinajstić information content (AvgIpc) is 2.47. The quantitative estimate of drug-likeness (QED) is 0.269. The minimum absolute atomic E-state index is 0.102. The molecule has 1 saturated heterocycles. The molecule has 0 amide bonds. The van der Waals surface area contributed by atoms with E-state index >= 15 is 0 Å². The second-order valence-electron chi connectivity index (χ2n) is 5.22. The van der Waals surface area contributed by atoms with Crippen molar-refractivity contribution >= 4 is 15.4 Å². The highest BCUT2D eigenvalue weighted by Gasteiger charge is 2.41. The molecule has 0 saturated carbocycles. The van der Waals surface area contributed by atoms with Crippen molar-refractivity contribution in [3.05, 3.63) is 0 Å². The Hall–Kier alpha value is -0.0251. The van der Waals surface area contributed by atoms with Crippen molar-refractivity contribution < 1.29 is 38.5 Å². The second kappa shape index (κ2) is 10.1. The summed E-state index contributed by atoms with van der Waals surface area (Å²) in [4.78, 5) is 14.4. The van der Waals surface area contributed by atoms with Crippen molar-refractivity contribution in [1.29, 1.82) is 0 Å². The van der Waals surface area contributed by atoms with Gasteiger partial charge in [-0.15, -0.1) is 5.06 Å². The molecule has 0 aromatic carbocycles. The van der Waals surface area contributed by atoms with Crippen LogP contribution in [0.1, 0.15) is 19.8 Å². The van der Waals surface area contributed by atoms with Crippen molar-refractivity contribution in [3.63, 3.8) is 0 Å². The molecule has 0 aromatic rings. The van der Waals surface area contributed by atoms with Gasteiger partial charge in [-0.3, -0.25) is 9.40 Å². The van der Waals surface area contributed by atoms with Crippen molar-refractivity contribution in [1.82, 2.24) is 5.06 Å². The lowest BCUT2D eigenvalue weighted by atomic mass is 9.96. The number of morpholine rings is 1. The lowest BCUT2D eigenvalue weighted by Gasteiger charge is -2.43. The minimum Gasteiger partial charge on any atom is -0.379 e. The van der Waals surface area contributed by atoms with Crippen LogP contribution in [0.15, 0.2) is 0 Å². The maximum absolute atomic E-state index is 11.1. The number of hydrogen-bond acceptors (Lipinski definition) is 8. The molecule has 3 N–H and O–H groups in total. The molecule has 134 valence electrons. The van der Waals surface area contributed by atoms with E-state index in [1.165, 1.54) is 0 Å². The zero-order valence-electron chi connectivity index (χ0n) is 13.4. The van der Waals surface area contributed by atoms with Gasteiger partial charge in [-0.25, -0.2) is 0 Å². The van der Waals surface area contributed by atoms with Crippen LogP contribution in [0.5, 0.6) is 0 Å². The predicted molar refractivity (Wildman–Crippen MR) is 81.6 cm³/mol. The fourth-order valence-electron chi connectivity index (χ4n) is 1.85. The fourth-order valence-corrected chi connectivity index (χ4v) is 2.27. The maximum atomic E-state index is 11.1. The number of aliphatic hydroxyl groups excluding tert-OH is 2. The van der Waals surface area contributed by atoms with Crippen LogP contribution < -0.4 is 0 Å². The highest BCUT2D eigenvalue weighted by atomic mass is 31.2. The van der Waals surface area contributed by atoms with Gasteiger partial charge in [0, 0.05) is 13.3 Å². The third kappa shape index (κ3) is 7.60. The van der Waals surface area contributed by atoms with E-state index in [2.05, 4.69) is 0 Å². The van der Waals surface area contributed by atoms with E-state index < -0.39 is 32.2 Å². The average molecular weight is 353 g/mol. The summed E-state index contributed by atoms with van der Waals surface area (Å²) < 4.78 is 26.3. The molecule has 0 spiro atoms. The van der Waals surface area contributed by atoms with Gasteiger partial charge in [0.15, 0.2) is 6.23 Å². The molecule has 0 aromatic heterocycles. The number of rotatable bonds is 10. The monoisotopic (exact) mass is 353 g/mol. The summed E-state index contributed by atoms with van der Waals surface area (Å²) in [5.41, 5.74) is 0. The first-order valence-electron chi connectivity index (χ1n) is 7.47. The molecule has 0 bridgehead atoms. The van der Waals surface area contributed by atoms with E-state index in [1.54, 1.807) is 0 Å². The summed E-state index contributed by atoms with van der Waals surface area (Å²) in [6.45, 7) is 3.67. The van der Waals surface area contributed by atoms with Crippen molar-refractivity contribution in [2.45, 2.75) is 44.3 Å². The molecular weight excluding hydrogens is 328 g/mol. The highest BCUT2D eigenvalue weighted by Crippen LogP contribution is 2.37. The van der Waals surface area contributed by atoms with Gasteiger partial charge in [-0.2, -0.15) is 0 Å². The number of unbranched alkanes of at least 4 members (excludes halogenated alkanes) is 1. The lowest BCUT2D eigenvalue weighted by Crippen LogP contribution is -2.62. The van der Waals surface area contributed by atoms with E-state index in [1.807, 2.05) is 6.92 Å². The van der Waals surface area contributed by atoms with E-state index in [0.717, 1.165) is 24.6 Å². The van der Waals surface area contributed by atoms with Gasteiger partial charge < -0.3 is 29.1 Å². The Balaban J connectivity index is 2.46. The summed E-state index contributed by atoms with van der Waals surface area (Å²) in [6, 6.07) is -1.16. The molecule has 1 rings (SSSR count). The molecule has 11 heteroatoms. The molecule has 5 atom stereocenters. The van der Waals surface area contributed by atoms with Crippen LogP contribution in [0.3, 0.4) is 0 Å². The SMILES string of the molecule is [B]C1OC(COP(C)(=O)O)C(O)N(OCCOCCCC)C1O. The zero-order chi connectivity index (χ0) is 17.5. The Kier molecular flexibility index (Phi) is 9.21. The van der Waals surface area contributed by atoms with Crippen LogP contribution in [-0.2, 0) is 23.4 Å². The number of ether oxygens (including phenoxy) is 2. The molecule has 1 aliphatic rings. The molecule has 5 unspecified atom stereocenters. The van der Waals surface area contributed by atoms with Crippen LogP contribution in [0, 0.1) is 0 Å². The fraction of sp³-hybridized carbons (Fsp3) is 1.00. The molecular formula is C12H25BNO8P. The summed E-state index contributed by atoms with van der Waals surface area (Å²) in [7, 11) is 1.88. The Morgan fingerprint density at radius 2 is 1.96 bits per heavy atom. The molecule has 1 aliphatic heterocycles. The topological polar surface area (TPSA) is 118 Å². The first-order valence-corrected chi connectivity index (χ1v) is 9.49. The van der Waals surface area contributed by atoms with E-state index in [0.29, 0.717) is 6.61 Å². The van der Waals surface area contributed by atoms with Gasteiger partial charge in [0.25, 0.3) is 0 Å². The Morgan fingerprint density at radius 1 is 1.26 bits per heavy atom. The number of nitrogens with zero attached hydrogens (tertiary/aromatic N) is 1. The lowest BCUT2D eigenvalue weighted by molar-refractivity contribution is -0.368.